The van der Waals surface area contributed by atoms with Crippen molar-refractivity contribution in [2.45, 2.75) is 19.6 Å². The molecule has 8 nitrogen and oxygen atoms in total. The summed E-state index contributed by atoms with van der Waals surface area (Å²) >= 11 is 0. The fourth-order valence-corrected chi connectivity index (χ4v) is 3.16. The molecular weight excluding hydrogens is 358 g/mol. The summed E-state index contributed by atoms with van der Waals surface area (Å²) in [6, 6.07) is 9.54. The highest BCUT2D eigenvalue weighted by Crippen LogP contribution is 2.18. The minimum atomic E-state index is 0.0126. The first-order valence-electron chi connectivity index (χ1n) is 9.56. The molecule has 1 aliphatic rings. The van der Waals surface area contributed by atoms with E-state index in [0.717, 1.165) is 55.9 Å². The van der Waals surface area contributed by atoms with Crippen molar-refractivity contribution in [3.05, 3.63) is 42.3 Å². The lowest BCUT2D eigenvalue weighted by Crippen LogP contribution is -2.53. The number of aromatic nitrogens is 1. The van der Waals surface area contributed by atoms with E-state index in [1.54, 1.807) is 13.4 Å². The second-order valence-corrected chi connectivity index (χ2v) is 6.79. The number of hydrogen-bond donors (Lipinski definition) is 1. The molecule has 2 heterocycles. The summed E-state index contributed by atoms with van der Waals surface area (Å²) in [5.41, 5.74) is 0.973. The number of benzene rings is 1. The third-order valence-corrected chi connectivity index (χ3v) is 4.70. The summed E-state index contributed by atoms with van der Waals surface area (Å²) in [5.74, 6) is 2.55. The van der Waals surface area contributed by atoms with Crippen molar-refractivity contribution in [1.29, 1.82) is 0 Å². The zero-order valence-electron chi connectivity index (χ0n) is 16.8. The Kier molecular flexibility index (Phi) is 7.13. The van der Waals surface area contributed by atoms with Crippen LogP contribution in [0.1, 0.15) is 12.6 Å². The number of piperazine rings is 1. The smallest absolute Gasteiger partial charge is 0.193 e. The number of nitrogens with one attached hydrogen (secondary N) is 1. The minimum Gasteiger partial charge on any atom is -0.497 e. The Labute approximate surface area is 166 Å². The normalized spacial score (nSPS) is 16.7. The van der Waals surface area contributed by atoms with Crippen LogP contribution in [-0.4, -0.2) is 73.9 Å². The molecule has 28 heavy (non-hydrogen) atoms. The maximum Gasteiger partial charge on any atom is 0.193 e. The van der Waals surface area contributed by atoms with Crippen molar-refractivity contribution in [3.8, 4) is 11.5 Å². The van der Waals surface area contributed by atoms with E-state index in [0.29, 0.717) is 6.54 Å². The van der Waals surface area contributed by atoms with Crippen molar-refractivity contribution in [3.63, 3.8) is 0 Å². The third kappa shape index (κ3) is 5.63. The van der Waals surface area contributed by atoms with E-state index in [9.17, 15) is 0 Å². The Balaban J connectivity index is 1.41. The van der Waals surface area contributed by atoms with Gasteiger partial charge in [-0.15, -0.1) is 0 Å². The number of nitrogens with zero attached hydrogens (tertiary/aromatic N) is 4. The van der Waals surface area contributed by atoms with Gasteiger partial charge >= 0.3 is 0 Å². The standard InChI is InChI=1S/C20H29N5O3/c1-16(28-19-6-4-18(26-3)5-7-19)14-22-20(21-2)25-11-9-24(10-12-25)15-17-8-13-27-23-17/h4-8,13,16H,9-12,14-15H2,1-3H3,(H,21,22). The Morgan fingerprint density at radius 2 is 1.89 bits per heavy atom. The zero-order valence-corrected chi connectivity index (χ0v) is 16.8. The van der Waals surface area contributed by atoms with Crippen LogP contribution in [0, 0.1) is 0 Å². The molecule has 1 aliphatic heterocycles. The van der Waals surface area contributed by atoms with E-state index in [-0.39, 0.29) is 6.10 Å². The summed E-state index contributed by atoms with van der Waals surface area (Å²) in [6.07, 6.45) is 1.63. The van der Waals surface area contributed by atoms with Gasteiger partial charge in [0.2, 0.25) is 0 Å². The fraction of sp³-hybridized carbons (Fsp3) is 0.500. The van der Waals surface area contributed by atoms with Gasteiger partial charge in [0.1, 0.15) is 23.9 Å². The molecule has 2 aromatic rings. The maximum atomic E-state index is 5.96. The van der Waals surface area contributed by atoms with Gasteiger partial charge in [-0.3, -0.25) is 9.89 Å². The molecule has 152 valence electrons. The SMILES string of the molecule is CN=C(NCC(C)Oc1ccc(OC)cc1)N1CCN(Cc2ccon2)CC1. The van der Waals surface area contributed by atoms with E-state index in [1.165, 1.54) is 0 Å². The van der Waals surface area contributed by atoms with E-state index in [1.807, 2.05) is 44.3 Å². The Morgan fingerprint density at radius 3 is 2.50 bits per heavy atom. The molecular formula is C20H29N5O3. The van der Waals surface area contributed by atoms with Crippen molar-refractivity contribution in [2.75, 3.05) is 46.9 Å². The lowest BCUT2D eigenvalue weighted by molar-refractivity contribution is 0.167. The molecule has 1 aromatic heterocycles. The molecule has 1 N–H and O–H groups in total. The highest BCUT2D eigenvalue weighted by molar-refractivity contribution is 5.80. The maximum absolute atomic E-state index is 5.96. The molecule has 8 heteroatoms. The number of rotatable bonds is 7. The molecule has 0 aliphatic carbocycles. The molecule has 1 atom stereocenters. The van der Waals surface area contributed by atoms with Crippen molar-refractivity contribution in [2.24, 2.45) is 4.99 Å². The molecule has 1 unspecified atom stereocenters. The van der Waals surface area contributed by atoms with Gasteiger partial charge in [-0.1, -0.05) is 5.16 Å². The largest absolute Gasteiger partial charge is 0.497 e. The quantitative estimate of drug-likeness (QED) is 0.574. The Morgan fingerprint density at radius 1 is 1.18 bits per heavy atom. The van der Waals surface area contributed by atoms with Crippen LogP contribution in [0.2, 0.25) is 0 Å². The number of hydrogen-bond acceptors (Lipinski definition) is 6. The summed E-state index contributed by atoms with van der Waals surface area (Å²) in [7, 11) is 3.47. The second-order valence-electron chi connectivity index (χ2n) is 6.79. The summed E-state index contributed by atoms with van der Waals surface area (Å²) < 4.78 is 16.0. The second kappa shape index (κ2) is 9.98. The van der Waals surface area contributed by atoms with Crippen LogP contribution in [0.25, 0.3) is 0 Å². The van der Waals surface area contributed by atoms with Gasteiger partial charge in [0.25, 0.3) is 0 Å². The Hall–Kier alpha value is -2.74. The summed E-state index contributed by atoms with van der Waals surface area (Å²) in [4.78, 5) is 9.08. The monoisotopic (exact) mass is 387 g/mol. The average molecular weight is 387 g/mol. The third-order valence-electron chi connectivity index (χ3n) is 4.70. The summed E-state index contributed by atoms with van der Waals surface area (Å²) in [6.45, 7) is 7.31. The van der Waals surface area contributed by atoms with Crippen LogP contribution < -0.4 is 14.8 Å². The molecule has 0 radical (unpaired) electrons. The molecule has 3 rings (SSSR count). The fourth-order valence-electron chi connectivity index (χ4n) is 3.16. The van der Waals surface area contributed by atoms with Gasteiger partial charge in [-0.25, -0.2) is 0 Å². The van der Waals surface area contributed by atoms with E-state index in [4.69, 9.17) is 14.0 Å². The van der Waals surface area contributed by atoms with Crippen molar-refractivity contribution in [1.82, 2.24) is 20.3 Å². The first kappa shape index (κ1) is 20.0. The predicted molar refractivity (Wildman–Crippen MR) is 108 cm³/mol. The highest BCUT2D eigenvalue weighted by Gasteiger charge is 2.20. The number of aliphatic imine (C=N–C) groups is 1. The molecule has 0 spiro atoms. The predicted octanol–water partition coefficient (Wildman–Crippen LogP) is 1.84. The lowest BCUT2D eigenvalue weighted by Gasteiger charge is -2.36. The number of ether oxygens (including phenoxy) is 2. The van der Waals surface area contributed by atoms with Gasteiger partial charge in [-0.05, 0) is 31.2 Å². The van der Waals surface area contributed by atoms with E-state index in [2.05, 4.69) is 25.3 Å². The topological polar surface area (TPSA) is 75.4 Å². The molecule has 0 amide bonds. The number of methoxy groups -OCH3 is 1. The van der Waals surface area contributed by atoms with Crippen LogP contribution in [0.15, 0.2) is 46.1 Å². The van der Waals surface area contributed by atoms with Crippen LogP contribution >= 0.6 is 0 Å². The summed E-state index contributed by atoms with van der Waals surface area (Å²) in [5, 5.41) is 7.41. The van der Waals surface area contributed by atoms with Crippen LogP contribution in [0.4, 0.5) is 0 Å². The van der Waals surface area contributed by atoms with Gasteiger partial charge in [0.15, 0.2) is 5.96 Å². The van der Waals surface area contributed by atoms with E-state index >= 15 is 0 Å². The van der Waals surface area contributed by atoms with Crippen LogP contribution in [0.3, 0.4) is 0 Å². The highest BCUT2D eigenvalue weighted by atomic mass is 16.5. The molecule has 1 fully saturated rings. The first-order valence-corrected chi connectivity index (χ1v) is 9.56. The molecule has 0 saturated carbocycles. The first-order chi connectivity index (χ1) is 13.7. The van der Waals surface area contributed by atoms with Gasteiger partial charge in [0.05, 0.1) is 19.3 Å². The van der Waals surface area contributed by atoms with Crippen LogP contribution in [-0.2, 0) is 6.54 Å². The minimum absolute atomic E-state index is 0.0126. The van der Waals surface area contributed by atoms with E-state index < -0.39 is 0 Å². The molecule has 1 saturated heterocycles. The van der Waals surface area contributed by atoms with Crippen molar-refractivity contribution >= 4 is 5.96 Å². The zero-order chi connectivity index (χ0) is 19.8. The van der Waals surface area contributed by atoms with Gasteiger partial charge in [-0.2, -0.15) is 0 Å². The average Bonchev–Trinajstić information content (AvgIpc) is 3.23. The Bertz CT molecular complexity index is 725. The van der Waals surface area contributed by atoms with Gasteiger partial charge in [0, 0.05) is 45.8 Å². The molecule has 1 aromatic carbocycles. The number of guanidine groups is 1. The molecule has 0 bridgehead atoms. The van der Waals surface area contributed by atoms with Gasteiger partial charge < -0.3 is 24.2 Å². The lowest BCUT2D eigenvalue weighted by atomic mass is 10.3. The van der Waals surface area contributed by atoms with Crippen LogP contribution in [0.5, 0.6) is 11.5 Å². The van der Waals surface area contributed by atoms with Crippen molar-refractivity contribution < 1.29 is 14.0 Å².